The molecule has 0 saturated carbocycles. The van der Waals surface area contributed by atoms with Gasteiger partial charge in [-0.3, -0.25) is 4.79 Å². The van der Waals surface area contributed by atoms with E-state index in [1.54, 1.807) is 11.4 Å². The zero-order valence-electron chi connectivity index (χ0n) is 12.9. The molecule has 0 aliphatic heterocycles. The van der Waals surface area contributed by atoms with Crippen LogP contribution < -0.4 is 5.32 Å². The van der Waals surface area contributed by atoms with E-state index in [2.05, 4.69) is 0 Å². The van der Waals surface area contributed by atoms with Crippen LogP contribution in [0.3, 0.4) is 0 Å². The van der Waals surface area contributed by atoms with Crippen molar-refractivity contribution in [3.8, 4) is 11.1 Å². The van der Waals surface area contributed by atoms with Gasteiger partial charge in [0.1, 0.15) is 10.6 Å². The number of nitrogens with one attached hydrogen (secondary N) is 1. The molecule has 0 unspecified atom stereocenters. The third-order valence-corrected chi connectivity index (χ3v) is 5.04. The average Bonchev–Trinajstić information content (AvgIpc) is 2.97. The van der Waals surface area contributed by atoms with Crippen LogP contribution in [0.4, 0.5) is 18.2 Å². The summed E-state index contributed by atoms with van der Waals surface area (Å²) in [7, 11) is 0. The average molecular weight is 369 g/mol. The Balaban J connectivity index is 2.00. The van der Waals surface area contributed by atoms with Crippen molar-refractivity contribution in [1.29, 1.82) is 0 Å². The zero-order chi connectivity index (χ0) is 18.2. The van der Waals surface area contributed by atoms with Gasteiger partial charge >= 0.3 is 18.1 Å². The topological polar surface area (TPSA) is 66.4 Å². The first-order valence-corrected chi connectivity index (χ1v) is 8.50. The van der Waals surface area contributed by atoms with Crippen LogP contribution in [-0.4, -0.2) is 23.2 Å². The van der Waals surface area contributed by atoms with Crippen molar-refractivity contribution in [1.82, 2.24) is 0 Å². The largest absolute Gasteiger partial charge is 0.478 e. The first kappa shape index (κ1) is 17.5. The summed E-state index contributed by atoms with van der Waals surface area (Å²) in [6.07, 6.45) is -1.05. The number of fused-ring (bicyclic) bond motifs is 1. The van der Waals surface area contributed by atoms with Crippen molar-refractivity contribution in [2.45, 2.75) is 31.9 Å². The molecule has 8 heteroatoms. The summed E-state index contributed by atoms with van der Waals surface area (Å²) in [4.78, 5) is 22.7. The minimum atomic E-state index is -5.08. The standard InChI is InChI=1S/C17H14F3NO3S/c18-17(19,20)16(24)21-14-13(15(22)23)12(8-25-14)11-6-5-9-3-1-2-4-10(9)7-11/h5-8H,1-4H2,(H,21,24)(H,22,23). The third-order valence-electron chi connectivity index (χ3n) is 4.15. The third kappa shape index (κ3) is 3.53. The number of hydrogen-bond donors (Lipinski definition) is 2. The van der Waals surface area contributed by atoms with Crippen LogP contribution in [0.15, 0.2) is 23.6 Å². The van der Waals surface area contributed by atoms with Crippen LogP contribution in [0, 0.1) is 0 Å². The molecule has 0 radical (unpaired) electrons. The minimum Gasteiger partial charge on any atom is -0.478 e. The Morgan fingerprint density at radius 1 is 1.12 bits per heavy atom. The fourth-order valence-corrected chi connectivity index (χ4v) is 3.91. The Bertz CT molecular complexity index is 842. The van der Waals surface area contributed by atoms with E-state index in [0.717, 1.165) is 42.6 Å². The highest BCUT2D eigenvalue weighted by atomic mass is 32.1. The predicted molar refractivity (Wildman–Crippen MR) is 88.0 cm³/mol. The molecule has 0 bridgehead atoms. The molecule has 3 rings (SSSR count). The molecule has 0 spiro atoms. The zero-order valence-corrected chi connectivity index (χ0v) is 13.8. The number of rotatable bonds is 3. The number of anilines is 1. The molecule has 0 atom stereocenters. The van der Waals surface area contributed by atoms with Gasteiger partial charge in [-0.15, -0.1) is 11.3 Å². The Hall–Kier alpha value is -2.35. The number of amides is 1. The van der Waals surface area contributed by atoms with Gasteiger partial charge in [-0.05, 0) is 42.4 Å². The van der Waals surface area contributed by atoms with Crippen molar-refractivity contribution in [3.63, 3.8) is 0 Å². The van der Waals surface area contributed by atoms with Gasteiger partial charge < -0.3 is 10.4 Å². The summed E-state index contributed by atoms with van der Waals surface area (Å²) < 4.78 is 37.3. The van der Waals surface area contributed by atoms with E-state index in [9.17, 15) is 27.9 Å². The fourth-order valence-electron chi connectivity index (χ4n) is 2.95. The maximum atomic E-state index is 12.4. The molecule has 2 aromatic rings. The molecule has 1 aromatic heterocycles. The van der Waals surface area contributed by atoms with Crippen molar-refractivity contribution < 1.29 is 27.9 Å². The SMILES string of the molecule is O=C(O)c1c(-c2ccc3c(c2)CCCC3)csc1NC(=O)C(F)(F)F. The molecule has 1 aromatic carbocycles. The summed E-state index contributed by atoms with van der Waals surface area (Å²) in [5.74, 6) is -3.57. The maximum Gasteiger partial charge on any atom is 0.471 e. The number of halogens is 3. The Morgan fingerprint density at radius 2 is 1.80 bits per heavy atom. The number of carbonyl (C=O) groups excluding carboxylic acids is 1. The van der Waals surface area contributed by atoms with E-state index < -0.39 is 18.1 Å². The first-order chi connectivity index (χ1) is 11.8. The summed E-state index contributed by atoms with van der Waals surface area (Å²) in [5, 5.41) is 12.2. The number of alkyl halides is 3. The number of hydrogen-bond acceptors (Lipinski definition) is 3. The summed E-state index contributed by atoms with van der Waals surface area (Å²) in [5.41, 5.74) is 2.96. The minimum absolute atomic E-state index is 0.309. The van der Waals surface area contributed by atoms with Crippen LogP contribution in [0.5, 0.6) is 0 Å². The van der Waals surface area contributed by atoms with E-state index in [4.69, 9.17) is 0 Å². The molecule has 132 valence electrons. The van der Waals surface area contributed by atoms with Crippen LogP contribution in [-0.2, 0) is 17.6 Å². The molecule has 25 heavy (non-hydrogen) atoms. The van der Waals surface area contributed by atoms with E-state index in [1.807, 2.05) is 12.1 Å². The second kappa shape index (κ2) is 6.51. The monoisotopic (exact) mass is 369 g/mol. The number of benzene rings is 1. The lowest BCUT2D eigenvalue weighted by atomic mass is 9.89. The van der Waals surface area contributed by atoms with Gasteiger partial charge in [0.15, 0.2) is 0 Å². The number of carboxylic acid groups (broad SMARTS) is 1. The number of carbonyl (C=O) groups is 2. The molecule has 2 N–H and O–H groups in total. The summed E-state index contributed by atoms with van der Waals surface area (Å²) in [6.45, 7) is 0. The quantitative estimate of drug-likeness (QED) is 0.838. The molecule has 1 aliphatic rings. The molecule has 1 amide bonds. The number of thiophene rings is 1. The fraction of sp³-hybridized carbons (Fsp3) is 0.294. The second-order valence-corrected chi connectivity index (χ2v) is 6.68. The van der Waals surface area contributed by atoms with Crippen LogP contribution in [0.25, 0.3) is 11.1 Å². The smallest absolute Gasteiger partial charge is 0.471 e. The van der Waals surface area contributed by atoms with Crippen molar-refractivity contribution in [2.24, 2.45) is 0 Å². The van der Waals surface area contributed by atoms with Gasteiger partial charge in [-0.2, -0.15) is 13.2 Å². The van der Waals surface area contributed by atoms with Crippen molar-refractivity contribution in [3.05, 3.63) is 40.3 Å². The molecule has 1 aliphatic carbocycles. The maximum absolute atomic E-state index is 12.4. The lowest BCUT2D eigenvalue weighted by molar-refractivity contribution is -0.167. The highest BCUT2D eigenvalue weighted by molar-refractivity contribution is 7.15. The van der Waals surface area contributed by atoms with Gasteiger partial charge in [-0.25, -0.2) is 4.79 Å². The lowest BCUT2D eigenvalue weighted by Crippen LogP contribution is -2.30. The normalized spacial score (nSPS) is 14.0. The van der Waals surface area contributed by atoms with Crippen molar-refractivity contribution in [2.75, 3.05) is 5.32 Å². The van der Waals surface area contributed by atoms with E-state index in [1.165, 1.54) is 10.9 Å². The van der Waals surface area contributed by atoms with E-state index >= 15 is 0 Å². The predicted octanol–water partition coefficient (Wildman–Crippen LogP) is 4.49. The Morgan fingerprint density at radius 3 is 2.44 bits per heavy atom. The van der Waals surface area contributed by atoms with Gasteiger partial charge in [0.2, 0.25) is 0 Å². The number of carboxylic acids is 1. The molecule has 4 nitrogen and oxygen atoms in total. The molecule has 1 heterocycles. The Labute approximate surface area is 145 Å². The highest BCUT2D eigenvalue weighted by Gasteiger charge is 2.39. The lowest BCUT2D eigenvalue weighted by Gasteiger charge is -2.16. The van der Waals surface area contributed by atoms with Gasteiger partial charge in [0, 0.05) is 10.9 Å². The number of aromatic carboxylic acids is 1. The number of aryl methyl sites for hydroxylation is 2. The van der Waals surface area contributed by atoms with Gasteiger partial charge in [0.25, 0.3) is 0 Å². The Kier molecular flexibility index (Phi) is 4.55. The highest BCUT2D eigenvalue weighted by Crippen LogP contribution is 2.37. The first-order valence-electron chi connectivity index (χ1n) is 7.62. The van der Waals surface area contributed by atoms with Gasteiger partial charge in [0.05, 0.1) is 0 Å². The van der Waals surface area contributed by atoms with Gasteiger partial charge in [-0.1, -0.05) is 18.2 Å². The van der Waals surface area contributed by atoms with Crippen LogP contribution in [0.1, 0.15) is 34.3 Å². The molecular weight excluding hydrogens is 355 g/mol. The summed E-state index contributed by atoms with van der Waals surface area (Å²) >= 11 is 0.768. The molecule has 0 fully saturated rings. The van der Waals surface area contributed by atoms with E-state index in [0.29, 0.717) is 11.1 Å². The van der Waals surface area contributed by atoms with Crippen LogP contribution in [0.2, 0.25) is 0 Å². The molecular formula is C17H14F3NO3S. The molecule has 0 saturated heterocycles. The summed E-state index contributed by atoms with van der Waals surface area (Å²) in [6, 6.07) is 5.59. The van der Waals surface area contributed by atoms with Crippen molar-refractivity contribution >= 4 is 28.2 Å². The second-order valence-electron chi connectivity index (χ2n) is 5.80. The van der Waals surface area contributed by atoms with E-state index in [-0.39, 0.29) is 10.6 Å². The van der Waals surface area contributed by atoms with Crippen LogP contribution >= 0.6 is 11.3 Å².